The predicted octanol–water partition coefficient (Wildman–Crippen LogP) is 5.10. The molecule has 12 heteroatoms. The SMILES string of the molecule is O=S(=O)(CC1CCCCC1)Nc1ccc(Oc2ncccc2-c2ccnc(N[C@H]3CCCNC3)n2)c(F)c1F. The van der Waals surface area contributed by atoms with Gasteiger partial charge in [0.1, 0.15) is 0 Å². The molecule has 0 amide bonds. The van der Waals surface area contributed by atoms with Crippen LogP contribution in [0.2, 0.25) is 0 Å². The first-order chi connectivity index (χ1) is 18.9. The van der Waals surface area contributed by atoms with Gasteiger partial charge >= 0.3 is 0 Å². The molecule has 1 saturated heterocycles. The van der Waals surface area contributed by atoms with E-state index >= 15 is 4.39 Å². The third-order valence-corrected chi connectivity index (χ3v) is 8.47. The van der Waals surface area contributed by atoms with Gasteiger partial charge in [0, 0.05) is 25.0 Å². The lowest BCUT2D eigenvalue weighted by atomic mass is 9.91. The first kappa shape index (κ1) is 27.2. The Morgan fingerprint density at radius 3 is 2.62 bits per heavy atom. The van der Waals surface area contributed by atoms with Crippen LogP contribution in [0.3, 0.4) is 0 Å². The van der Waals surface area contributed by atoms with Crippen molar-refractivity contribution in [2.45, 2.75) is 51.0 Å². The standard InChI is InChI=1S/C27H32F2N6O3S/c28-24-22(35-39(36,37)17-18-6-2-1-3-7-18)10-11-23(25(24)29)38-26-20(9-5-14-31-26)21-12-15-32-27(34-21)33-19-8-4-13-30-16-19/h5,9-12,14-15,18-19,30,35H,1-4,6-8,13,16-17H2,(H,32,33,34)/t19-/m0/s1. The summed E-state index contributed by atoms with van der Waals surface area (Å²) in [4.78, 5) is 13.1. The molecule has 5 rings (SSSR count). The minimum Gasteiger partial charge on any atom is -0.435 e. The summed E-state index contributed by atoms with van der Waals surface area (Å²) in [6, 6.07) is 7.60. The molecular weight excluding hydrogens is 526 g/mol. The number of nitrogens with one attached hydrogen (secondary N) is 3. The van der Waals surface area contributed by atoms with Gasteiger partial charge in [0.15, 0.2) is 11.6 Å². The molecular formula is C27H32F2N6O3S. The number of benzene rings is 1. The number of aromatic nitrogens is 3. The molecule has 3 N–H and O–H groups in total. The van der Waals surface area contributed by atoms with Crippen LogP contribution in [0.15, 0.2) is 42.7 Å². The first-order valence-electron chi connectivity index (χ1n) is 13.3. The summed E-state index contributed by atoms with van der Waals surface area (Å²) in [5.41, 5.74) is 0.495. The van der Waals surface area contributed by atoms with E-state index in [4.69, 9.17) is 4.74 Å². The van der Waals surface area contributed by atoms with Crippen molar-refractivity contribution in [3.05, 3.63) is 54.4 Å². The Labute approximate surface area is 226 Å². The average Bonchev–Trinajstić information content (AvgIpc) is 2.94. The van der Waals surface area contributed by atoms with E-state index < -0.39 is 33.1 Å². The van der Waals surface area contributed by atoms with Gasteiger partial charge in [-0.15, -0.1) is 0 Å². The maximum Gasteiger partial charge on any atom is 0.233 e. The van der Waals surface area contributed by atoms with Gasteiger partial charge in [-0.2, -0.15) is 4.39 Å². The smallest absolute Gasteiger partial charge is 0.233 e. The van der Waals surface area contributed by atoms with Crippen molar-refractivity contribution >= 4 is 21.7 Å². The molecule has 2 fully saturated rings. The number of nitrogens with zero attached hydrogens (tertiary/aromatic N) is 3. The topological polar surface area (TPSA) is 118 Å². The van der Waals surface area contributed by atoms with Gasteiger partial charge in [-0.25, -0.2) is 27.8 Å². The fourth-order valence-corrected chi connectivity index (χ4v) is 6.60. The Bertz CT molecular complexity index is 1400. The zero-order valence-corrected chi connectivity index (χ0v) is 22.3. The molecule has 0 unspecified atom stereocenters. The molecule has 9 nitrogen and oxygen atoms in total. The molecule has 39 heavy (non-hydrogen) atoms. The zero-order valence-electron chi connectivity index (χ0n) is 21.5. The fourth-order valence-electron chi connectivity index (χ4n) is 5.07. The van der Waals surface area contributed by atoms with Crippen LogP contribution in [0, 0.1) is 17.6 Å². The fraction of sp³-hybridized carbons (Fsp3) is 0.444. The van der Waals surface area contributed by atoms with E-state index in [0.717, 1.165) is 64.1 Å². The lowest BCUT2D eigenvalue weighted by Crippen LogP contribution is -2.38. The van der Waals surface area contributed by atoms with Crippen molar-refractivity contribution in [1.29, 1.82) is 0 Å². The summed E-state index contributed by atoms with van der Waals surface area (Å²) >= 11 is 0. The Morgan fingerprint density at radius 2 is 1.82 bits per heavy atom. The molecule has 1 aliphatic carbocycles. The largest absolute Gasteiger partial charge is 0.435 e. The Morgan fingerprint density at radius 1 is 0.974 bits per heavy atom. The van der Waals surface area contributed by atoms with Crippen molar-refractivity contribution in [3.63, 3.8) is 0 Å². The van der Waals surface area contributed by atoms with Gasteiger partial charge < -0.3 is 15.4 Å². The molecule has 1 aliphatic heterocycles. The number of ether oxygens (including phenoxy) is 1. The third-order valence-electron chi connectivity index (χ3n) is 7.03. The first-order valence-corrected chi connectivity index (χ1v) is 15.0. The van der Waals surface area contributed by atoms with Crippen LogP contribution < -0.4 is 20.1 Å². The molecule has 2 aliphatic rings. The number of hydrogen-bond donors (Lipinski definition) is 3. The van der Waals surface area contributed by atoms with Crippen molar-refractivity contribution in [1.82, 2.24) is 20.3 Å². The van der Waals surface area contributed by atoms with E-state index in [0.29, 0.717) is 17.2 Å². The van der Waals surface area contributed by atoms with E-state index in [1.807, 2.05) is 0 Å². The second kappa shape index (κ2) is 12.2. The molecule has 0 radical (unpaired) electrons. The molecule has 1 aromatic carbocycles. The number of piperidine rings is 1. The summed E-state index contributed by atoms with van der Waals surface area (Å²) in [5.74, 6) is -2.72. The molecule has 1 saturated carbocycles. The van der Waals surface area contributed by atoms with Gasteiger partial charge in [0.05, 0.1) is 22.7 Å². The number of hydrogen-bond acceptors (Lipinski definition) is 8. The molecule has 208 valence electrons. The lowest BCUT2D eigenvalue weighted by molar-refractivity contribution is 0.385. The number of halogens is 2. The highest BCUT2D eigenvalue weighted by Crippen LogP contribution is 2.34. The second-order valence-corrected chi connectivity index (χ2v) is 11.8. The van der Waals surface area contributed by atoms with E-state index in [1.54, 1.807) is 24.4 Å². The van der Waals surface area contributed by atoms with E-state index in [2.05, 4.69) is 30.3 Å². The third kappa shape index (κ3) is 6.99. The summed E-state index contributed by atoms with van der Waals surface area (Å²) < 4.78 is 63.1. The number of sulfonamides is 1. The van der Waals surface area contributed by atoms with Gasteiger partial charge in [0.25, 0.3) is 0 Å². The van der Waals surface area contributed by atoms with Crippen LogP contribution in [0.5, 0.6) is 11.6 Å². The van der Waals surface area contributed by atoms with Gasteiger partial charge in [-0.1, -0.05) is 19.3 Å². The van der Waals surface area contributed by atoms with Crippen LogP contribution in [0.4, 0.5) is 20.4 Å². The molecule has 2 aromatic heterocycles. The maximum absolute atomic E-state index is 15.0. The van der Waals surface area contributed by atoms with Crippen molar-refractivity contribution in [2.24, 2.45) is 5.92 Å². The lowest BCUT2D eigenvalue weighted by Gasteiger charge is -2.23. The van der Waals surface area contributed by atoms with Crippen LogP contribution in [0.1, 0.15) is 44.9 Å². The minimum atomic E-state index is -3.84. The summed E-state index contributed by atoms with van der Waals surface area (Å²) in [6.45, 7) is 1.80. The van der Waals surface area contributed by atoms with Crippen LogP contribution in [-0.4, -0.2) is 48.3 Å². The highest BCUT2D eigenvalue weighted by molar-refractivity contribution is 7.92. The minimum absolute atomic E-state index is 0.0189. The highest BCUT2D eigenvalue weighted by atomic mass is 32.2. The highest BCUT2D eigenvalue weighted by Gasteiger charge is 2.25. The molecule has 0 spiro atoms. The number of anilines is 2. The number of pyridine rings is 1. The summed E-state index contributed by atoms with van der Waals surface area (Å²) in [5, 5.41) is 6.65. The van der Waals surface area contributed by atoms with E-state index in [1.165, 1.54) is 12.3 Å². The number of rotatable bonds is 9. The van der Waals surface area contributed by atoms with Crippen LogP contribution in [-0.2, 0) is 10.0 Å². The molecule has 0 bridgehead atoms. The van der Waals surface area contributed by atoms with Gasteiger partial charge in [0.2, 0.25) is 27.7 Å². The van der Waals surface area contributed by atoms with Crippen molar-refractivity contribution in [3.8, 4) is 22.9 Å². The zero-order chi connectivity index (χ0) is 27.2. The van der Waals surface area contributed by atoms with Gasteiger partial charge in [-0.05, 0) is 68.5 Å². The summed E-state index contributed by atoms with van der Waals surface area (Å²) in [6.07, 6.45) is 9.82. The Hall–Kier alpha value is -3.38. The normalized spacial score (nSPS) is 18.5. The Kier molecular flexibility index (Phi) is 8.51. The molecule has 3 aromatic rings. The van der Waals surface area contributed by atoms with Gasteiger partial charge in [-0.3, -0.25) is 4.72 Å². The van der Waals surface area contributed by atoms with Crippen molar-refractivity contribution in [2.75, 3.05) is 28.9 Å². The maximum atomic E-state index is 15.0. The van der Waals surface area contributed by atoms with Crippen molar-refractivity contribution < 1.29 is 21.9 Å². The average molecular weight is 559 g/mol. The monoisotopic (exact) mass is 558 g/mol. The Balaban J connectivity index is 1.32. The van der Waals surface area contributed by atoms with E-state index in [9.17, 15) is 12.8 Å². The molecule has 3 heterocycles. The van der Waals surface area contributed by atoms with Crippen LogP contribution in [0.25, 0.3) is 11.3 Å². The summed E-state index contributed by atoms with van der Waals surface area (Å²) in [7, 11) is -3.84. The quantitative estimate of drug-likeness (QED) is 0.332. The van der Waals surface area contributed by atoms with Crippen LogP contribution >= 0.6 is 0 Å². The second-order valence-electron chi connectivity index (χ2n) is 10.0. The van der Waals surface area contributed by atoms with E-state index in [-0.39, 0.29) is 23.6 Å². The predicted molar refractivity (Wildman–Crippen MR) is 145 cm³/mol. The molecule has 1 atom stereocenters.